The van der Waals surface area contributed by atoms with Crippen LogP contribution in [0.25, 0.3) is 0 Å². The Labute approximate surface area is 269 Å². The van der Waals surface area contributed by atoms with Gasteiger partial charge in [-0.05, 0) is 129 Å². The van der Waals surface area contributed by atoms with Crippen LogP contribution in [-0.4, -0.2) is 33.1 Å². The van der Waals surface area contributed by atoms with E-state index in [1.807, 2.05) is 0 Å². The van der Waals surface area contributed by atoms with E-state index in [2.05, 4.69) is 84.0 Å². The summed E-state index contributed by atoms with van der Waals surface area (Å²) in [6.07, 6.45) is 15.8. The SMILES string of the molecule is CC(=O)OCCC(CC(OP)C(C)C1=CCC2C3CCC4C[C@@H](O[Si](C)(C)C(C)(C)C)CC[C@]4(C)C3CC[C@]12C)C(C)C. The van der Waals surface area contributed by atoms with Gasteiger partial charge >= 0.3 is 5.97 Å². The first-order valence-corrected chi connectivity index (χ1v) is 21.2. The first-order chi connectivity index (χ1) is 19.9. The normalized spacial score (nSPS) is 36.7. The Balaban J connectivity index is 1.42. The lowest BCUT2D eigenvalue weighted by molar-refractivity contribution is -0.141. The Morgan fingerprint density at radius 1 is 1.07 bits per heavy atom. The minimum atomic E-state index is -1.73. The number of carbonyl (C=O) groups is 1. The first kappa shape index (κ1) is 35.6. The van der Waals surface area contributed by atoms with Crippen molar-refractivity contribution >= 4 is 23.8 Å². The maximum Gasteiger partial charge on any atom is 0.302 e. The van der Waals surface area contributed by atoms with Gasteiger partial charge in [0.05, 0.1) is 12.7 Å². The van der Waals surface area contributed by atoms with E-state index in [1.54, 1.807) is 5.57 Å². The smallest absolute Gasteiger partial charge is 0.302 e. The Morgan fingerprint density at radius 3 is 2.37 bits per heavy atom. The van der Waals surface area contributed by atoms with Crippen LogP contribution >= 0.6 is 9.47 Å². The summed E-state index contributed by atoms with van der Waals surface area (Å²) in [6.45, 7) is 26.3. The summed E-state index contributed by atoms with van der Waals surface area (Å²) in [5, 5.41) is 0.281. The summed E-state index contributed by atoms with van der Waals surface area (Å²) < 4.78 is 18.5. The summed E-state index contributed by atoms with van der Waals surface area (Å²) in [4.78, 5) is 11.4. The second-order valence-electron chi connectivity index (χ2n) is 17.6. The zero-order valence-corrected chi connectivity index (χ0v) is 31.9. The van der Waals surface area contributed by atoms with E-state index >= 15 is 0 Å². The summed E-state index contributed by atoms with van der Waals surface area (Å²) in [7, 11) is 0.860. The van der Waals surface area contributed by atoms with Crippen LogP contribution in [0.3, 0.4) is 0 Å². The minimum Gasteiger partial charge on any atom is -0.466 e. The molecule has 0 N–H and O–H groups in total. The van der Waals surface area contributed by atoms with E-state index in [9.17, 15) is 4.79 Å². The third-order valence-electron chi connectivity index (χ3n) is 14.0. The van der Waals surface area contributed by atoms with E-state index in [0.29, 0.717) is 41.3 Å². The maximum atomic E-state index is 11.4. The molecule has 3 saturated carbocycles. The molecule has 4 aliphatic rings. The largest absolute Gasteiger partial charge is 0.466 e. The molecule has 0 saturated heterocycles. The maximum absolute atomic E-state index is 11.4. The first-order valence-electron chi connectivity index (χ1n) is 17.8. The molecule has 0 aromatic heterocycles. The number of fused-ring (bicyclic) bond motifs is 5. The van der Waals surface area contributed by atoms with Gasteiger partial charge in [0.25, 0.3) is 0 Å². The van der Waals surface area contributed by atoms with E-state index < -0.39 is 8.32 Å². The van der Waals surface area contributed by atoms with E-state index in [-0.39, 0.29) is 17.1 Å². The van der Waals surface area contributed by atoms with Crippen molar-refractivity contribution in [3.8, 4) is 0 Å². The molecule has 4 aliphatic carbocycles. The highest BCUT2D eigenvalue weighted by Crippen LogP contribution is 2.67. The molecule has 0 aromatic carbocycles. The number of carbonyl (C=O) groups excluding carboxylic acids is 1. The fourth-order valence-electron chi connectivity index (χ4n) is 10.2. The third-order valence-corrected chi connectivity index (χ3v) is 18.9. The lowest BCUT2D eigenvalue weighted by atomic mass is 9.44. The van der Waals surface area contributed by atoms with Gasteiger partial charge in [0.1, 0.15) is 0 Å². The molecule has 4 rings (SSSR count). The second-order valence-corrected chi connectivity index (χ2v) is 22.6. The fourth-order valence-corrected chi connectivity index (χ4v) is 11.9. The van der Waals surface area contributed by atoms with Crippen molar-refractivity contribution < 1.29 is 18.5 Å². The van der Waals surface area contributed by atoms with Crippen LogP contribution in [0.5, 0.6) is 0 Å². The molecule has 0 aromatic rings. The zero-order valence-electron chi connectivity index (χ0n) is 29.8. The highest BCUT2D eigenvalue weighted by atomic mass is 31.0. The average molecular weight is 635 g/mol. The molecule has 0 heterocycles. The Hall–Kier alpha value is -0.223. The van der Waals surface area contributed by atoms with Crippen LogP contribution in [0.2, 0.25) is 18.1 Å². The minimum absolute atomic E-state index is 0.165. The predicted molar refractivity (Wildman–Crippen MR) is 185 cm³/mol. The highest BCUT2D eigenvalue weighted by Gasteiger charge is 2.59. The van der Waals surface area contributed by atoms with Gasteiger partial charge in [-0.3, -0.25) is 4.79 Å². The Morgan fingerprint density at radius 2 is 1.77 bits per heavy atom. The van der Waals surface area contributed by atoms with Crippen LogP contribution in [-0.2, 0) is 18.5 Å². The quantitative estimate of drug-likeness (QED) is 0.0982. The molecule has 8 unspecified atom stereocenters. The highest BCUT2D eigenvalue weighted by molar-refractivity contribution is 7.09. The molecule has 248 valence electrons. The lowest BCUT2D eigenvalue weighted by Crippen LogP contribution is -2.55. The van der Waals surface area contributed by atoms with E-state index in [4.69, 9.17) is 13.7 Å². The molecule has 0 radical (unpaired) electrons. The molecule has 4 nitrogen and oxygen atoms in total. The monoisotopic (exact) mass is 634 g/mol. The third kappa shape index (κ3) is 7.21. The van der Waals surface area contributed by atoms with Gasteiger partial charge in [0.2, 0.25) is 0 Å². The van der Waals surface area contributed by atoms with Crippen molar-refractivity contribution in [3.05, 3.63) is 11.6 Å². The van der Waals surface area contributed by atoms with Gasteiger partial charge in [-0.2, -0.15) is 0 Å². The molecule has 0 amide bonds. The van der Waals surface area contributed by atoms with Gasteiger partial charge in [0.15, 0.2) is 8.32 Å². The van der Waals surface area contributed by atoms with Crippen molar-refractivity contribution in [1.82, 2.24) is 0 Å². The van der Waals surface area contributed by atoms with Crippen molar-refractivity contribution in [2.24, 2.45) is 52.3 Å². The summed E-state index contributed by atoms with van der Waals surface area (Å²) >= 11 is 0. The zero-order chi connectivity index (χ0) is 32.0. The molecule has 6 heteroatoms. The van der Waals surface area contributed by atoms with Crippen LogP contribution in [0.4, 0.5) is 0 Å². The molecule has 0 bridgehead atoms. The second kappa shape index (κ2) is 13.5. The van der Waals surface area contributed by atoms with Gasteiger partial charge in [-0.25, -0.2) is 0 Å². The summed E-state index contributed by atoms with van der Waals surface area (Å²) in [6, 6.07) is 0. The Bertz CT molecular complexity index is 1000. The number of hydrogen-bond donors (Lipinski definition) is 0. The van der Waals surface area contributed by atoms with E-state index in [0.717, 1.165) is 36.5 Å². The van der Waals surface area contributed by atoms with Crippen molar-refractivity contribution in [2.75, 3.05) is 6.61 Å². The van der Waals surface area contributed by atoms with Crippen molar-refractivity contribution in [2.45, 2.75) is 157 Å². The number of allylic oxidation sites excluding steroid dienone is 1. The van der Waals surface area contributed by atoms with Crippen LogP contribution in [0.1, 0.15) is 127 Å². The van der Waals surface area contributed by atoms with Crippen LogP contribution < -0.4 is 0 Å². The summed E-state index contributed by atoms with van der Waals surface area (Å²) in [5.74, 6) is 4.52. The molecular formula is C37H67O4PSi. The fraction of sp³-hybridized carbons (Fsp3) is 0.919. The molecular weight excluding hydrogens is 567 g/mol. The van der Waals surface area contributed by atoms with Crippen molar-refractivity contribution in [1.29, 1.82) is 0 Å². The van der Waals surface area contributed by atoms with Crippen LogP contribution in [0, 0.1) is 52.3 Å². The van der Waals surface area contributed by atoms with Gasteiger partial charge in [-0.15, -0.1) is 0 Å². The summed E-state index contributed by atoms with van der Waals surface area (Å²) in [5.41, 5.74) is 2.44. The number of esters is 1. The molecule has 0 aliphatic heterocycles. The average Bonchev–Trinajstić information content (AvgIpc) is 3.26. The van der Waals surface area contributed by atoms with E-state index in [1.165, 1.54) is 58.3 Å². The number of ether oxygens (including phenoxy) is 1. The number of rotatable bonds is 11. The Kier molecular flexibility index (Phi) is 11.2. The van der Waals surface area contributed by atoms with Gasteiger partial charge in [-0.1, -0.05) is 67.0 Å². The van der Waals surface area contributed by atoms with Crippen molar-refractivity contribution in [3.63, 3.8) is 0 Å². The van der Waals surface area contributed by atoms with Gasteiger partial charge < -0.3 is 13.7 Å². The predicted octanol–water partition coefficient (Wildman–Crippen LogP) is 10.4. The number of hydrogen-bond acceptors (Lipinski definition) is 4. The van der Waals surface area contributed by atoms with Gasteiger partial charge in [0, 0.05) is 28.4 Å². The lowest BCUT2D eigenvalue weighted by Gasteiger charge is -2.61. The molecule has 0 spiro atoms. The topological polar surface area (TPSA) is 44.8 Å². The molecule has 43 heavy (non-hydrogen) atoms. The molecule has 3 fully saturated rings. The molecule has 11 atom stereocenters. The standard InChI is InChI=1S/C37H67O4PSi/c1-24(2)27(18-21-39-26(4)38)22-34(40-42)25(3)31-14-15-32-30-13-12-28-23-29(41-43(10,11)35(5,6)7)16-19-36(28,8)33(30)17-20-37(31,32)9/h14,24-25,27-30,32-34H,12-13,15-23,42H2,1-11H3/t25?,27?,28?,29-,30?,32?,33?,34?,36-,37+/m0/s1. The van der Waals surface area contributed by atoms with Crippen LogP contribution in [0.15, 0.2) is 11.6 Å².